The fourth-order valence-corrected chi connectivity index (χ4v) is 3.27. The molecule has 0 amide bonds. The standard InChI is InChI=1S/C25H22O4/c1-17(24(26)27)20-13-7-6-12-19(20)16-23(18-10-4-3-5-11-18)21-14-8-9-15-22(21)25(28)29-2/h3-17H,1-2H3,(H,26,27). The highest BCUT2D eigenvalue weighted by Gasteiger charge is 2.19. The monoisotopic (exact) mass is 386 g/mol. The van der Waals surface area contributed by atoms with Crippen LogP contribution in [0.5, 0.6) is 0 Å². The maximum absolute atomic E-state index is 12.4. The Labute approximate surface area is 170 Å². The third-order valence-electron chi connectivity index (χ3n) is 4.84. The molecule has 0 aliphatic carbocycles. The molecular weight excluding hydrogens is 364 g/mol. The summed E-state index contributed by atoms with van der Waals surface area (Å²) in [5.74, 6) is -1.97. The molecule has 0 heterocycles. The van der Waals surface area contributed by atoms with Gasteiger partial charge in [0.25, 0.3) is 0 Å². The normalized spacial score (nSPS) is 12.3. The smallest absolute Gasteiger partial charge is 0.338 e. The van der Waals surface area contributed by atoms with Crippen molar-refractivity contribution in [2.45, 2.75) is 12.8 Å². The number of benzene rings is 3. The van der Waals surface area contributed by atoms with Gasteiger partial charge in [-0.3, -0.25) is 4.79 Å². The predicted molar refractivity (Wildman–Crippen MR) is 114 cm³/mol. The van der Waals surface area contributed by atoms with Crippen molar-refractivity contribution in [3.8, 4) is 0 Å². The largest absolute Gasteiger partial charge is 0.481 e. The van der Waals surface area contributed by atoms with E-state index in [4.69, 9.17) is 4.74 Å². The fraction of sp³-hybridized carbons (Fsp3) is 0.120. The van der Waals surface area contributed by atoms with Crippen molar-refractivity contribution in [2.75, 3.05) is 7.11 Å². The summed E-state index contributed by atoms with van der Waals surface area (Å²) in [7, 11) is 1.36. The summed E-state index contributed by atoms with van der Waals surface area (Å²) in [6.07, 6.45) is 1.94. The topological polar surface area (TPSA) is 63.6 Å². The van der Waals surface area contributed by atoms with E-state index in [0.717, 1.165) is 22.3 Å². The van der Waals surface area contributed by atoms with E-state index in [9.17, 15) is 14.7 Å². The van der Waals surface area contributed by atoms with Gasteiger partial charge in [0.2, 0.25) is 0 Å². The van der Waals surface area contributed by atoms with E-state index in [0.29, 0.717) is 11.1 Å². The average molecular weight is 386 g/mol. The van der Waals surface area contributed by atoms with Crippen LogP contribution in [0.2, 0.25) is 0 Å². The molecule has 0 aliphatic rings. The van der Waals surface area contributed by atoms with Crippen molar-refractivity contribution in [3.63, 3.8) is 0 Å². The Morgan fingerprint density at radius 1 is 0.862 bits per heavy atom. The molecule has 1 N–H and O–H groups in total. The second-order valence-electron chi connectivity index (χ2n) is 6.65. The van der Waals surface area contributed by atoms with E-state index in [2.05, 4.69) is 0 Å². The van der Waals surface area contributed by atoms with Crippen molar-refractivity contribution < 1.29 is 19.4 Å². The maximum Gasteiger partial charge on any atom is 0.338 e. The molecule has 3 aromatic carbocycles. The molecule has 3 rings (SSSR count). The number of carboxylic acid groups (broad SMARTS) is 1. The van der Waals surface area contributed by atoms with Crippen LogP contribution in [0.1, 0.15) is 45.5 Å². The third kappa shape index (κ3) is 4.43. The first-order chi connectivity index (χ1) is 14.0. The van der Waals surface area contributed by atoms with Crippen LogP contribution < -0.4 is 0 Å². The van der Waals surface area contributed by atoms with Gasteiger partial charge in [-0.05, 0) is 46.9 Å². The number of ether oxygens (including phenoxy) is 1. The Balaban J connectivity index is 2.26. The van der Waals surface area contributed by atoms with Crippen molar-refractivity contribution in [2.24, 2.45) is 0 Å². The second-order valence-corrected chi connectivity index (χ2v) is 6.65. The van der Waals surface area contributed by atoms with Crippen molar-refractivity contribution >= 4 is 23.6 Å². The van der Waals surface area contributed by atoms with Crippen LogP contribution in [0, 0.1) is 0 Å². The van der Waals surface area contributed by atoms with Crippen LogP contribution in [0.3, 0.4) is 0 Å². The van der Waals surface area contributed by atoms with Gasteiger partial charge in [0.15, 0.2) is 0 Å². The van der Waals surface area contributed by atoms with Crippen LogP contribution in [0.15, 0.2) is 78.9 Å². The highest BCUT2D eigenvalue weighted by Crippen LogP contribution is 2.31. The van der Waals surface area contributed by atoms with Crippen molar-refractivity contribution in [1.29, 1.82) is 0 Å². The summed E-state index contributed by atoms with van der Waals surface area (Å²) in [6, 6.07) is 24.4. The molecule has 4 nitrogen and oxygen atoms in total. The summed E-state index contributed by atoms with van der Waals surface area (Å²) in [6.45, 7) is 1.67. The van der Waals surface area contributed by atoms with E-state index < -0.39 is 17.9 Å². The van der Waals surface area contributed by atoms with Crippen LogP contribution in [-0.4, -0.2) is 24.2 Å². The van der Waals surface area contributed by atoms with E-state index >= 15 is 0 Å². The van der Waals surface area contributed by atoms with Crippen LogP contribution in [0.4, 0.5) is 0 Å². The fourth-order valence-electron chi connectivity index (χ4n) is 3.27. The molecule has 0 bridgehead atoms. The van der Waals surface area contributed by atoms with Gasteiger partial charge in [-0.25, -0.2) is 4.79 Å². The Morgan fingerprint density at radius 3 is 2.10 bits per heavy atom. The molecule has 0 fully saturated rings. The second kappa shape index (κ2) is 9.02. The Hall–Kier alpha value is -3.66. The zero-order valence-electron chi connectivity index (χ0n) is 16.3. The predicted octanol–water partition coefficient (Wildman–Crippen LogP) is 5.25. The van der Waals surface area contributed by atoms with E-state index in [1.54, 1.807) is 19.1 Å². The number of carbonyl (C=O) groups excluding carboxylic acids is 1. The van der Waals surface area contributed by atoms with Gasteiger partial charge in [-0.1, -0.05) is 72.8 Å². The molecule has 4 heteroatoms. The molecule has 0 aliphatic heterocycles. The minimum absolute atomic E-state index is 0.422. The van der Waals surface area contributed by atoms with Gasteiger partial charge in [-0.2, -0.15) is 0 Å². The van der Waals surface area contributed by atoms with Gasteiger partial charge in [0.1, 0.15) is 0 Å². The molecule has 0 aromatic heterocycles. The molecule has 1 atom stereocenters. The van der Waals surface area contributed by atoms with Gasteiger partial charge >= 0.3 is 11.9 Å². The highest BCUT2D eigenvalue weighted by atomic mass is 16.5. The minimum Gasteiger partial charge on any atom is -0.481 e. The van der Waals surface area contributed by atoms with Gasteiger partial charge in [0, 0.05) is 0 Å². The lowest BCUT2D eigenvalue weighted by molar-refractivity contribution is -0.138. The summed E-state index contributed by atoms with van der Waals surface area (Å²) in [5.41, 5.74) is 4.42. The summed E-state index contributed by atoms with van der Waals surface area (Å²) in [5, 5.41) is 9.49. The molecule has 0 spiro atoms. The third-order valence-corrected chi connectivity index (χ3v) is 4.84. The molecule has 0 saturated heterocycles. The van der Waals surface area contributed by atoms with Crippen LogP contribution >= 0.6 is 0 Å². The number of carboxylic acids is 1. The Morgan fingerprint density at radius 2 is 1.45 bits per heavy atom. The van der Waals surface area contributed by atoms with E-state index in [1.807, 2.05) is 72.8 Å². The summed E-state index contributed by atoms with van der Waals surface area (Å²) >= 11 is 0. The SMILES string of the molecule is COC(=O)c1ccccc1C(=Cc1ccccc1C(C)C(=O)O)c1ccccc1. The first-order valence-electron chi connectivity index (χ1n) is 9.29. The first-order valence-corrected chi connectivity index (χ1v) is 9.29. The zero-order chi connectivity index (χ0) is 20.8. The Bertz CT molecular complexity index is 1050. The van der Waals surface area contributed by atoms with Crippen LogP contribution in [0.25, 0.3) is 11.6 Å². The zero-order valence-corrected chi connectivity index (χ0v) is 16.3. The highest BCUT2D eigenvalue weighted by molar-refractivity contribution is 6.02. The number of hydrogen-bond acceptors (Lipinski definition) is 3. The molecule has 3 aromatic rings. The van der Waals surface area contributed by atoms with Gasteiger partial charge in [0.05, 0.1) is 18.6 Å². The lowest BCUT2D eigenvalue weighted by atomic mass is 9.89. The lowest BCUT2D eigenvalue weighted by Crippen LogP contribution is -2.09. The number of hydrogen-bond donors (Lipinski definition) is 1. The van der Waals surface area contributed by atoms with E-state index in [1.165, 1.54) is 7.11 Å². The molecule has 0 saturated carbocycles. The molecule has 0 radical (unpaired) electrons. The molecule has 1 unspecified atom stereocenters. The number of esters is 1. The molecular formula is C25H22O4. The number of methoxy groups -OCH3 is 1. The molecule has 29 heavy (non-hydrogen) atoms. The van der Waals surface area contributed by atoms with Crippen molar-refractivity contribution in [1.82, 2.24) is 0 Å². The molecule has 146 valence electrons. The van der Waals surface area contributed by atoms with E-state index in [-0.39, 0.29) is 0 Å². The van der Waals surface area contributed by atoms with Crippen LogP contribution in [-0.2, 0) is 9.53 Å². The van der Waals surface area contributed by atoms with Crippen molar-refractivity contribution in [3.05, 3.63) is 107 Å². The Kier molecular flexibility index (Phi) is 6.25. The first kappa shape index (κ1) is 20.1. The van der Waals surface area contributed by atoms with Gasteiger partial charge < -0.3 is 9.84 Å². The lowest BCUT2D eigenvalue weighted by Gasteiger charge is -2.15. The summed E-state index contributed by atoms with van der Waals surface area (Å²) < 4.78 is 4.96. The quantitative estimate of drug-likeness (QED) is 0.464. The average Bonchev–Trinajstić information content (AvgIpc) is 2.77. The van der Waals surface area contributed by atoms with Gasteiger partial charge in [-0.15, -0.1) is 0 Å². The minimum atomic E-state index is -0.887. The number of carbonyl (C=O) groups is 2. The number of aliphatic carboxylic acids is 1. The maximum atomic E-state index is 12.4. The number of rotatable bonds is 6. The summed E-state index contributed by atoms with van der Waals surface area (Å²) in [4.78, 5) is 23.9.